The van der Waals surface area contributed by atoms with Crippen molar-refractivity contribution in [2.24, 2.45) is 11.8 Å². The topological polar surface area (TPSA) is 40.5 Å². The van der Waals surface area contributed by atoms with Crippen molar-refractivity contribution in [3.8, 4) is 0 Å². The summed E-state index contributed by atoms with van der Waals surface area (Å²) < 4.78 is 0. The van der Waals surface area contributed by atoms with E-state index in [1.54, 1.807) is 6.92 Å². The Hall–Kier alpha value is -1.35. The second-order valence-electron chi connectivity index (χ2n) is 5.49. The maximum Gasteiger partial charge on any atom is 0.224 e. The summed E-state index contributed by atoms with van der Waals surface area (Å²) in [6, 6.07) is 8.28. The normalized spacial score (nSPS) is 26.9. The molecule has 1 saturated carbocycles. The van der Waals surface area contributed by atoms with Gasteiger partial charge in [-0.25, -0.2) is 0 Å². The van der Waals surface area contributed by atoms with Gasteiger partial charge in [-0.1, -0.05) is 18.2 Å². The lowest BCUT2D eigenvalue weighted by Gasteiger charge is -2.41. The van der Waals surface area contributed by atoms with E-state index in [9.17, 15) is 9.90 Å². The molecule has 1 aromatic rings. The minimum Gasteiger partial charge on any atom is -0.396 e. The van der Waals surface area contributed by atoms with Crippen LogP contribution < -0.4 is 4.90 Å². The van der Waals surface area contributed by atoms with E-state index in [0.717, 1.165) is 12.1 Å². The SMILES string of the molecule is CC(=O)N1c2ccccc2C[C@@H](CO)[C@@H]1C1CC1. The molecule has 0 unspecified atom stereocenters. The maximum atomic E-state index is 12.0. The zero-order chi connectivity index (χ0) is 12.7. The molecule has 0 aromatic heterocycles. The molecule has 1 aliphatic carbocycles. The van der Waals surface area contributed by atoms with Crippen molar-refractivity contribution >= 4 is 11.6 Å². The molecule has 96 valence electrons. The van der Waals surface area contributed by atoms with Crippen LogP contribution in [0, 0.1) is 11.8 Å². The molecule has 1 amide bonds. The molecular weight excluding hydrogens is 226 g/mol. The van der Waals surface area contributed by atoms with E-state index >= 15 is 0 Å². The monoisotopic (exact) mass is 245 g/mol. The van der Waals surface area contributed by atoms with Gasteiger partial charge in [-0.05, 0) is 36.8 Å². The van der Waals surface area contributed by atoms with Crippen LogP contribution in [0.4, 0.5) is 5.69 Å². The molecule has 3 rings (SSSR count). The summed E-state index contributed by atoms with van der Waals surface area (Å²) in [4.78, 5) is 13.9. The third-order valence-corrected chi connectivity index (χ3v) is 4.19. The number of amides is 1. The van der Waals surface area contributed by atoms with Gasteiger partial charge in [-0.3, -0.25) is 4.79 Å². The number of hydrogen-bond acceptors (Lipinski definition) is 2. The van der Waals surface area contributed by atoms with Crippen LogP contribution in [0.15, 0.2) is 24.3 Å². The van der Waals surface area contributed by atoms with Crippen molar-refractivity contribution in [2.45, 2.75) is 32.2 Å². The molecule has 3 heteroatoms. The number of aliphatic hydroxyl groups excluding tert-OH is 1. The number of fused-ring (bicyclic) bond motifs is 1. The highest BCUT2D eigenvalue weighted by Crippen LogP contribution is 2.45. The highest BCUT2D eigenvalue weighted by molar-refractivity contribution is 5.93. The van der Waals surface area contributed by atoms with Gasteiger partial charge in [0.2, 0.25) is 5.91 Å². The average Bonchev–Trinajstić information content (AvgIpc) is 3.20. The predicted octanol–water partition coefficient (Wildman–Crippen LogP) is 1.98. The zero-order valence-electron chi connectivity index (χ0n) is 10.7. The van der Waals surface area contributed by atoms with Crippen LogP contribution in [0.25, 0.3) is 0 Å². The van der Waals surface area contributed by atoms with Crippen molar-refractivity contribution in [1.82, 2.24) is 0 Å². The Morgan fingerprint density at radius 3 is 2.72 bits per heavy atom. The van der Waals surface area contributed by atoms with E-state index in [1.807, 2.05) is 23.1 Å². The molecule has 1 fully saturated rings. The summed E-state index contributed by atoms with van der Waals surface area (Å²) in [5.74, 6) is 0.869. The van der Waals surface area contributed by atoms with E-state index in [1.165, 1.54) is 18.4 Å². The molecule has 1 aromatic carbocycles. The number of benzene rings is 1. The van der Waals surface area contributed by atoms with Gasteiger partial charge in [-0.15, -0.1) is 0 Å². The summed E-state index contributed by atoms with van der Waals surface area (Å²) in [6.07, 6.45) is 3.26. The highest BCUT2D eigenvalue weighted by atomic mass is 16.3. The zero-order valence-corrected chi connectivity index (χ0v) is 10.7. The lowest BCUT2D eigenvalue weighted by atomic mass is 9.83. The standard InChI is InChI=1S/C15H19NO2/c1-10(18)16-14-5-3-2-4-12(14)8-13(9-17)15(16)11-6-7-11/h2-5,11,13,15,17H,6-9H2,1H3/t13-,15-/m0/s1. The van der Waals surface area contributed by atoms with E-state index in [2.05, 4.69) is 6.07 Å². The smallest absolute Gasteiger partial charge is 0.224 e. The Morgan fingerprint density at radius 1 is 1.39 bits per heavy atom. The third kappa shape index (κ3) is 1.83. The molecule has 1 heterocycles. The van der Waals surface area contributed by atoms with Gasteiger partial charge in [0.15, 0.2) is 0 Å². The first-order valence-electron chi connectivity index (χ1n) is 6.71. The first-order chi connectivity index (χ1) is 8.72. The molecule has 1 aliphatic heterocycles. The van der Waals surface area contributed by atoms with Crippen molar-refractivity contribution in [2.75, 3.05) is 11.5 Å². The molecule has 0 bridgehead atoms. The maximum absolute atomic E-state index is 12.0. The van der Waals surface area contributed by atoms with Crippen LogP contribution in [-0.2, 0) is 11.2 Å². The van der Waals surface area contributed by atoms with Crippen LogP contribution in [0.3, 0.4) is 0 Å². The lowest BCUT2D eigenvalue weighted by molar-refractivity contribution is -0.117. The molecule has 0 spiro atoms. The lowest BCUT2D eigenvalue weighted by Crippen LogP contribution is -2.50. The van der Waals surface area contributed by atoms with Crippen LogP contribution in [0.2, 0.25) is 0 Å². The summed E-state index contributed by atoms with van der Waals surface area (Å²) in [5.41, 5.74) is 2.23. The quantitative estimate of drug-likeness (QED) is 0.865. The molecule has 2 aliphatic rings. The number of carbonyl (C=O) groups excluding carboxylic acids is 1. The Bertz CT molecular complexity index is 467. The van der Waals surface area contributed by atoms with E-state index in [-0.39, 0.29) is 24.5 Å². The summed E-state index contributed by atoms with van der Waals surface area (Å²) >= 11 is 0. The highest BCUT2D eigenvalue weighted by Gasteiger charge is 2.44. The van der Waals surface area contributed by atoms with E-state index in [4.69, 9.17) is 0 Å². The van der Waals surface area contributed by atoms with Crippen molar-refractivity contribution in [1.29, 1.82) is 0 Å². The summed E-state index contributed by atoms with van der Waals surface area (Å²) in [7, 11) is 0. The predicted molar refractivity (Wildman–Crippen MR) is 70.4 cm³/mol. The van der Waals surface area contributed by atoms with Crippen LogP contribution in [0.1, 0.15) is 25.3 Å². The summed E-state index contributed by atoms with van der Waals surface area (Å²) in [5, 5.41) is 9.63. The van der Waals surface area contributed by atoms with E-state index < -0.39 is 0 Å². The molecule has 0 radical (unpaired) electrons. The fourth-order valence-corrected chi connectivity index (χ4v) is 3.28. The molecule has 2 atom stereocenters. The van der Waals surface area contributed by atoms with Gasteiger partial charge < -0.3 is 10.0 Å². The van der Waals surface area contributed by atoms with Gasteiger partial charge in [0, 0.05) is 31.2 Å². The van der Waals surface area contributed by atoms with E-state index in [0.29, 0.717) is 5.92 Å². The van der Waals surface area contributed by atoms with Gasteiger partial charge in [0.25, 0.3) is 0 Å². The molecule has 3 nitrogen and oxygen atoms in total. The van der Waals surface area contributed by atoms with Crippen molar-refractivity contribution in [3.05, 3.63) is 29.8 Å². The molecule has 18 heavy (non-hydrogen) atoms. The average molecular weight is 245 g/mol. The Labute approximate surface area is 107 Å². The number of carbonyl (C=O) groups is 1. The fourth-order valence-electron chi connectivity index (χ4n) is 3.28. The molecular formula is C15H19NO2. The van der Waals surface area contributed by atoms with Gasteiger partial charge in [-0.2, -0.15) is 0 Å². The van der Waals surface area contributed by atoms with Gasteiger partial charge in [0.05, 0.1) is 0 Å². The number of nitrogens with zero attached hydrogens (tertiary/aromatic N) is 1. The number of para-hydroxylation sites is 1. The van der Waals surface area contributed by atoms with Crippen molar-refractivity contribution in [3.63, 3.8) is 0 Å². The molecule has 1 N–H and O–H groups in total. The van der Waals surface area contributed by atoms with Crippen LogP contribution >= 0.6 is 0 Å². The Kier molecular flexibility index (Phi) is 2.86. The van der Waals surface area contributed by atoms with Crippen LogP contribution in [0.5, 0.6) is 0 Å². The fraction of sp³-hybridized carbons (Fsp3) is 0.533. The van der Waals surface area contributed by atoms with Crippen molar-refractivity contribution < 1.29 is 9.90 Å². The Balaban J connectivity index is 2.05. The number of hydrogen-bond donors (Lipinski definition) is 1. The number of anilines is 1. The molecule has 0 saturated heterocycles. The minimum absolute atomic E-state index is 0.0949. The largest absolute Gasteiger partial charge is 0.396 e. The number of aliphatic hydroxyl groups is 1. The minimum atomic E-state index is 0.0949. The first kappa shape index (κ1) is 11.7. The van der Waals surface area contributed by atoms with Gasteiger partial charge >= 0.3 is 0 Å². The second-order valence-corrected chi connectivity index (χ2v) is 5.49. The Morgan fingerprint density at radius 2 is 2.11 bits per heavy atom. The summed E-state index contributed by atoms with van der Waals surface area (Å²) in [6.45, 7) is 1.80. The second kappa shape index (κ2) is 4.39. The number of rotatable bonds is 2. The third-order valence-electron chi connectivity index (χ3n) is 4.19. The van der Waals surface area contributed by atoms with Gasteiger partial charge in [0.1, 0.15) is 0 Å². The first-order valence-corrected chi connectivity index (χ1v) is 6.71. The van der Waals surface area contributed by atoms with Crippen LogP contribution in [-0.4, -0.2) is 23.7 Å².